The highest BCUT2D eigenvalue weighted by atomic mass is 15.3. The fourth-order valence-corrected chi connectivity index (χ4v) is 2.10. The molecule has 3 rings (SSSR count). The minimum Gasteiger partial charge on any atom is -0.338 e. The molecule has 2 fully saturated rings. The topological polar surface area (TPSA) is 64.8 Å². The third-order valence-electron chi connectivity index (χ3n) is 3.24. The van der Waals surface area contributed by atoms with Crippen LogP contribution >= 0.6 is 0 Å². The predicted octanol–water partition coefficient (Wildman–Crippen LogP) is 0.635. The van der Waals surface area contributed by atoms with Crippen LogP contribution in [0.25, 0.3) is 0 Å². The fourth-order valence-electron chi connectivity index (χ4n) is 2.10. The van der Waals surface area contributed by atoms with Gasteiger partial charge in [-0.2, -0.15) is 5.26 Å². The van der Waals surface area contributed by atoms with E-state index < -0.39 is 0 Å². The van der Waals surface area contributed by atoms with Crippen molar-refractivity contribution in [1.82, 2.24) is 15.3 Å². The molecule has 5 heteroatoms. The van der Waals surface area contributed by atoms with Crippen LogP contribution in [0, 0.1) is 11.3 Å². The first-order valence-corrected chi connectivity index (χ1v) is 6.11. The highest BCUT2D eigenvalue weighted by Crippen LogP contribution is 2.39. The Morgan fingerprint density at radius 1 is 1.29 bits per heavy atom. The lowest BCUT2D eigenvalue weighted by Gasteiger charge is -2.27. The van der Waals surface area contributed by atoms with Gasteiger partial charge in [0.2, 0.25) is 5.95 Å². The van der Waals surface area contributed by atoms with Gasteiger partial charge in [0.25, 0.3) is 0 Å². The van der Waals surface area contributed by atoms with Gasteiger partial charge in [-0.25, -0.2) is 9.97 Å². The van der Waals surface area contributed by atoms with Gasteiger partial charge >= 0.3 is 0 Å². The third kappa shape index (κ3) is 2.22. The molecule has 0 bridgehead atoms. The van der Waals surface area contributed by atoms with Gasteiger partial charge in [0.15, 0.2) is 0 Å². The Labute approximate surface area is 100 Å². The normalized spacial score (nSPS) is 20.1. The first-order valence-electron chi connectivity index (χ1n) is 6.11. The van der Waals surface area contributed by atoms with Gasteiger partial charge in [-0.3, -0.25) is 0 Å². The van der Waals surface area contributed by atoms with Crippen LogP contribution in [-0.2, 0) is 0 Å². The lowest BCUT2D eigenvalue weighted by molar-refractivity contribution is 0.578. The number of rotatable bonds is 2. The molecule has 0 spiro atoms. The number of nitrogens with zero attached hydrogens (tertiary/aromatic N) is 4. The van der Waals surface area contributed by atoms with Gasteiger partial charge < -0.3 is 10.2 Å². The fraction of sp³-hybridized carbons (Fsp3) is 0.583. The Bertz CT molecular complexity index is 454. The van der Waals surface area contributed by atoms with Crippen LogP contribution in [0.5, 0.6) is 0 Å². The van der Waals surface area contributed by atoms with Crippen LogP contribution in [0.4, 0.5) is 5.95 Å². The number of hydrogen-bond acceptors (Lipinski definition) is 5. The van der Waals surface area contributed by atoms with E-state index in [1.165, 1.54) is 12.8 Å². The molecule has 1 aromatic heterocycles. The van der Waals surface area contributed by atoms with E-state index in [4.69, 9.17) is 5.26 Å². The number of hydrogen-bond donors (Lipinski definition) is 1. The molecule has 17 heavy (non-hydrogen) atoms. The lowest BCUT2D eigenvalue weighted by atomic mass is 10.2. The second kappa shape index (κ2) is 4.30. The highest BCUT2D eigenvalue weighted by molar-refractivity contribution is 5.38. The second-order valence-electron chi connectivity index (χ2n) is 4.60. The molecule has 2 heterocycles. The molecule has 1 saturated carbocycles. The third-order valence-corrected chi connectivity index (χ3v) is 3.24. The van der Waals surface area contributed by atoms with E-state index in [0.717, 1.165) is 37.8 Å². The summed E-state index contributed by atoms with van der Waals surface area (Å²) in [5, 5.41) is 12.3. The van der Waals surface area contributed by atoms with Crippen LogP contribution in [0.3, 0.4) is 0 Å². The Hall–Kier alpha value is -1.67. The first kappa shape index (κ1) is 10.5. The summed E-state index contributed by atoms with van der Waals surface area (Å²) < 4.78 is 0. The molecule has 0 aromatic carbocycles. The number of aromatic nitrogens is 2. The van der Waals surface area contributed by atoms with Crippen molar-refractivity contribution in [1.29, 1.82) is 5.26 Å². The maximum absolute atomic E-state index is 9.02. The van der Waals surface area contributed by atoms with Gasteiger partial charge in [0.1, 0.15) is 11.8 Å². The molecule has 1 aromatic rings. The van der Waals surface area contributed by atoms with E-state index in [9.17, 15) is 0 Å². The molecule has 5 nitrogen and oxygen atoms in total. The van der Waals surface area contributed by atoms with E-state index in [-0.39, 0.29) is 0 Å². The average Bonchev–Trinajstić information content (AvgIpc) is 3.23. The zero-order valence-electron chi connectivity index (χ0n) is 9.69. The van der Waals surface area contributed by atoms with E-state index in [1.54, 1.807) is 0 Å². The maximum atomic E-state index is 9.02. The van der Waals surface area contributed by atoms with Crippen molar-refractivity contribution >= 4 is 5.95 Å². The second-order valence-corrected chi connectivity index (χ2v) is 4.60. The Kier molecular flexibility index (Phi) is 2.65. The molecule has 0 radical (unpaired) electrons. The number of piperazine rings is 1. The number of anilines is 1. The summed E-state index contributed by atoms with van der Waals surface area (Å²) in [5.74, 6) is 1.29. The average molecular weight is 229 g/mol. The van der Waals surface area contributed by atoms with Crippen LogP contribution in [0.15, 0.2) is 6.07 Å². The largest absolute Gasteiger partial charge is 0.338 e. The highest BCUT2D eigenvalue weighted by Gasteiger charge is 2.27. The quantitative estimate of drug-likeness (QED) is 0.806. The summed E-state index contributed by atoms with van der Waals surface area (Å²) in [7, 11) is 0. The van der Waals surface area contributed by atoms with Gasteiger partial charge in [0, 0.05) is 32.1 Å². The van der Waals surface area contributed by atoms with Crippen molar-refractivity contribution in [2.45, 2.75) is 18.8 Å². The standard InChI is InChI=1S/C12H15N5/c13-8-10-7-11(9-1-2-9)16-12(15-10)17-5-3-14-4-6-17/h7,9,14H,1-6H2. The van der Waals surface area contributed by atoms with E-state index in [2.05, 4.69) is 26.3 Å². The van der Waals surface area contributed by atoms with Crippen molar-refractivity contribution in [2.24, 2.45) is 0 Å². The SMILES string of the molecule is N#Cc1cc(C2CC2)nc(N2CCNCC2)n1. The molecule has 0 unspecified atom stereocenters. The van der Waals surface area contributed by atoms with E-state index >= 15 is 0 Å². The zero-order chi connectivity index (χ0) is 11.7. The lowest BCUT2D eigenvalue weighted by Crippen LogP contribution is -2.44. The van der Waals surface area contributed by atoms with Crippen LogP contribution in [0.2, 0.25) is 0 Å². The molecule has 2 aliphatic rings. The summed E-state index contributed by atoms with van der Waals surface area (Å²) in [6.07, 6.45) is 2.39. The zero-order valence-corrected chi connectivity index (χ0v) is 9.69. The molecule has 0 atom stereocenters. The molecular formula is C12H15N5. The summed E-state index contributed by atoms with van der Waals surface area (Å²) in [4.78, 5) is 11.1. The van der Waals surface area contributed by atoms with Crippen LogP contribution < -0.4 is 10.2 Å². The smallest absolute Gasteiger partial charge is 0.226 e. The van der Waals surface area contributed by atoms with Gasteiger partial charge in [-0.15, -0.1) is 0 Å². The molecular weight excluding hydrogens is 214 g/mol. The van der Waals surface area contributed by atoms with E-state index in [1.807, 2.05) is 6.07 Å². The van der Waals surface area contributed by atoms with Gasteiger partial charge in [-0.1, -0.05) is 0 Å². The van der Waals surface area contributed by atoms with Crippen molar-refractivity contribution in [2.75, 3.05) is 31.1 Å². The summed E-state index contributed by atoms with van der Waals surface area (Å²) in [6.45, 7) is 3.75. The number of nitriles is 1. The number of nitrogens with one attached hydrogen (secondary N) is 1. The van der Waals surface area contributed by atoms with E-state index in [0.29, 0.717) is 11.6 Å². The monoisotopic (exact) mass is 229 g/mol. The summed E-state index contributed by atoms with van der Waals surface area (Å²) in [6, 6.07) is 3.97. The minimum absolute atomic E-state index is 0.496. The predicted molar refractivity (Wildman–Crippen MR) is 63.8 cm³/mol. The summed E-state index contributed by atoms with van der Waals surface area (Å²) in [5.41, 5.74) is 1.54. The first-order chi connectivity index (χ1) is 8.36. The van der Waals surface area contributed by atoms with Crippen molar-refractivity contribution in [3.05, 3.63) is 17.5 Å². The van der Waals surface area contributed by atoms with Gasteiger partial charge in [0.05, 0.1) is 5.69 Å². The molecule has 0 amide bonds. The van der Waals surface area contributed by atoms with Crippen LogP contribution in [0.1, 0.15) is 30.1 Å². The van der Waals surface area contributed by atoms with Crippen LogP contribution in [-0.4, -0.2) is 36.1 Å². The minimum atomic E-state index is 0.496. The van der Waals surface area contributed by atoms with Crippen molar-refractivity contribution in [3.8, 4) is 6.07 Å². The Morgan fingerprint density at radius 3 is 2.71 bits per heavy atom. The Morgan fingerprint density at radius 2 is 2.06 bits per heavy atom. The van der Waals surface area contributed by atoms with Gasteiger partial charge in [-0.05, 0) is 18.9 Å². The molecule has 1 aliphatic heterocycles. The van der Waals surface area contributed by atoms with Crippen molar-refractivity contribution in [3.63, 3.8) is 0 Å². The molecule has 1 aliphatic carbocycles. The maximum Gasteiger partial charge on any atom is 0.226 e. The summed E-state index contributed by atoms with van der Waals surface area (Å²) >= 11 is 0. The molecule has 1 N–H and O–H groups in total. The molecule has 1 saturated heterocycles. The Balaban J connectivity index is 1.91. The molecule has 88 valence electrons. The van der Waals surface area contributed by atoms with Crippen molar-refractivity contribution < 1.29 is 0 Å².